The van der Waals surface area contributed by atoms with Crippen LogP contribution in [0, 0.1) is 6.92 Å². The molecule has 6 nitrogen and oxygen atoms in total. The second-order valence-corrected chi connectivity index (χ2v) is 7.83. The first kappa shape index (κ1) is 22.2. The van der Waals surface area contributed by atoms with Crippen LogP contribution in [0.15, 0.2) is 77.4 Å². The van der Waals surface area contributed by atoms with E-state index >= 15 is 0 Å². The lowest BCUT2D eigenvalue weighted by atomic mass is 10.2. The molecule has 31 heavy (non-hydrogen) atoms. The van der Waals surface area contributed by atoms with Crippen LogP contribution in [0.2, 0.25) is 0 Å². The monoisotopic (exact) mass is 419 g/mol. The smallest absolute Gasteiger partial charge is 0.322 e. The molecule has 0 atom stereocenters. The lowest BCUT2D eigenvalue weighted by Gasteiger charge is -2.30. The summed E-state index contributed by atoms with van der Waals surface area (Å²) in [6.07, 6.45) is 1.59. The molecule has 1 aromatic heterocycles. The van der Waals surface area contributed by atoms with Gasteiger partial charge in [-0.25, -0.2) is 4.79 Å². The van der Waals surface area contributed by atoms with Crippen molar-refractivity contribution in [3.05, 3.63) is 89.9 Å². The van der Waals surface area contributed by atoms with Crippen LogP contribution in [0.4, 0.5) is 10.5 Å². The fourth-order valence-electron chi connectivity index (χ4n) is 3.19. The number of aryl methyl sites for hydroxylation is 1. The van der Waals surface area contributed by atoms with Crippen molar-refractivity contribution in [2.75, 3.05) is 11.9 Å². The highest BCUT2D eigenvalue weighted by atomic mass is 16.3. The zero-order valence-electron chi connectivity index (χ0n) is 18.2. The summed E-state index contributed by atoms with van der Waals surface area (Å²) in [6.45, 7) is 6.54. The average molecular weight is 420 g/mol. The molecule has 1 heterocycles. The molecule has 0 spiro atoms. The molecule has 162 valence electrons. The van der Waals surface area contributed by atoms with E-state index in [1.807, 2.05) is 81.4 Å². The Bertz CT molecular complexity index is 967. The number of furan rings is 1. The van der Waals surface area contributed by atoms with Gasteiger partial charge in [-0.15, -0.1) is 0 Å². The largest absolute Gasteiger partial charge is 0.467 e. The standard InChI is InChI=1S/C25H29N3O3/c1-19(2)28(25(30)26-22-13-11-20(3)12-14-22)18-24(29)27(17-23-10-7-15-31-23)16-21-8-5-4-6-9-21/h4-15,19H,16-18H2,1-3H3,(H,26,30). The van der Waals surface area contributed by atoms with Crippen molar-refractivity contribution < 1.29 is 14.0 Å². The van der Waals surface area contributed by atoms with Gasteiger partial charge in [0.2, 0.25) is 5.91 Å². The molecule has 0 bridgehead atoms. The first-order chi connectivity index (χ1) is 14.9. The average Bonchev–Trinajstić information content (AvgIpc) is 3.26. The SMILES string of the molecule is Cc1ccc(NC(=O)N(CC(=O)N(Cc2ccccc2)Cc2ccco2)C(C)C)cc1. The van der Waals surface area contributed by atoms with Crippen LogP contribution in [-0.2, 0) is 17.9 Å². The summed E-state index contributed by atoms with van der Waals surface area (Å²) in [7, 11) is 0. The van der Waals surface area contributed by atoms with Crippen LogP contribution < -0.4 is 5.32 Å². The van der Waals surface area contributed by atoms with Crippen molar-refractivity contribution in [3.8, 4) is 0 Å². The molecular formula is C25H29N3O3. The maximum atomic E-state index is 13.3. The van der Waals surface area contributed by atoms with Crippen LogP contribution in [-0.4, -0.2) is 34.3 Å². The van der Waals surface area contributed by atoms with Crippen molar-refractivity contribution in [3.63, 3.8) is 0 Å². The summed E-state index contributed by atoms with van der Waals surface area (Å²) in [4.78, 5) is 29.4. The number of hydrogen-bond acceptors (Lipinski definition) is 3. The van der Waals surface area contributed by atoms with Gasteiger partial charge in [-0.05, 0) is 50.6 Å². The van der Waals surface area contributed by atoms with Crippen LogP contribution in [0.25, 0.3) is 0 Å². The van der Waals surface area contributed by atoms with E-state index in [2.05, 4.69) is 5.32 Å². The van der Waals surface area contributed by atoms with Gasteiger partial charge in [0.25, 0.3) is 0 Å². The minimum absolute atomic E-state index is 0.0249. The number of rotatable bonds is 8. The van der Waals surface area contributed by atoms with Gasteiger partial charge in [-0.2, -0.15) is 0 Å². The molecule has 3 rings (SSSR count). The minimum Gasteiger partial charge on any atom is -0.467 e. The fraction of sp³-hybridized carbons (Fsp3) is 0.280. The van der Waals surface area contributed by atoms with Gasteiger partial charge >= 0.3 is 6.03 Å². The number of anilines is 1. The van der Waals surface area contributed by atoms with Gasteiger partial charge in [0.05, 0.1) is 12.8 Å². The van der Waals surface area contributed by atoms with Crippen LogP contribution >= 0.6 is 0 Å². The third-order valence-electron chi connectivity index (χ3n) is 4.99. The molecule has 0 aliphatic carbocycles. The molecule has 1 N–H and O–H groups in total. The number of amides is 3. The van der Waals surface area contributed by atoms with Crippen molar-refractivity contribution in [2.24, 2.45) is 0 Å². The summed E-state index contributed by atoms with van der Waals surface area (Å²) in [5, 5.41) is 2.89. The molecular weight excluding hydrogens is 390 g/mol. The van der Waals surface area contributed by atoms with Crippen LogP contribution in [0.1, 0.15) is 30.7 Å². The summed E-state index contributed by atoms with van der Waals surface area (Å²) in [5.41, 5.74) is 2.83. The maximum absolute atomic E-state index is 13.3. The highest BCUT2D eigenvalue weighted by Gasteiger charge is 2.24. The molecule has 3 aromatic rings. The van der Waals surface area contributed by atoms with Gasteiger partial charge in [0.1, 0.15) is 12.3 Å². The molecule has 0 radical (unpaired) electrons. The highest BCUT2D eigenvalue weighted by molar-refractivity contribution is 5.92. The molecule has 2 aromatic carbocycles. The number of nitrogens with one attached hydrogen (secondary N) is 1. The Morgan fingerprint density at radius 2 is 1.65 bits per heavy atom. The molecule has 3 amide bonds. The number of benzene rings is 2. The second kappa shape index (κ2) is 10.5. The van der Waals surface area contributed by atoms with Crippen molar-refractivity contribution >= 4 is 17.6 Å². The van der Waals surface area contributed by atoms with Crippen molar-refractivity contribution in [1.82, 2.24) is 9.80 Å². The summed E-state index contributed by atoms with van der Waals surface area (Å²) in [5.74, 6) is 0.553. The summed E-state index contributed by atoms with van der Waals surface area (Å²) < 4.78 is 5.45. The van der Waals surface area contributed by atoms with Crippen molar-refractivity contribution in [2.45, 2.75) is 39.9 Å². The molecule has 0 fully saturated rings. The third kappa shape index (κ3) is 6.47. The Morgan fingerprint density at radius 3 is 2.26 bits per heavy atom. The van der Waals surface area contributed by atoms with Gasteiger partial charge < -0.3 is 19.5 Å². The number of carbonyl (C=O) groups excluding carboxylic acids is 2. The summed E-state index contributed by atoms with van der Waals surface area (Å²) >= 11 is 0. The molecule has 6 heteroatoms. The first-order valence-electron chi connectivity index (χ1n) is 10.4. The zero-order chi connectivity index (χ0) is 22.2. The van der Waals surface area contributed by atoms with Crippen LogP contribution in [0.5, 0.6) is 0 Å². The topological polar surface area (TPSA) is 65.8 Å². The summed E-state index contributed by atoms with van der Waals surface area (Å²) in [6, 6.07) is 20.6. The molecule has 0 aliphatic rings. The quantitative estimate of drug-likeness (QED) is 0.555. The van der Waals surface area contributed by atoms with Gasteiger partial charge in [0.15, 0.2) is 0 Å². The van der Waals surface area contributed by atoms with E-state index in [4.69, 9.17) is 4.42 Å². The van der Waals surface area contributed by atoms with Gasteiger partial charge in [-0.1, -0.05) is 48.0 Å². The zero-order valence-corrected chi connectivity index (χ0v) is 18.2. The van der Waals surface area contributed by atoms with Crippen molar-refractivity contribution in [1.29, 1.82) is 0 Å². The third-order valence-corrected chi connectivity index (χ3v) is 4.99. The van der Waals surface area contributed by atoms with E-state index in [9.17, 15) is 9.59 Å². The molecule has 0 aliphatic heterocycles. The number of nitrogens with zero attached hydrogens (tertiary/aromatic N) is 2. The predicted molar refractivity (Wildman–Crippen MR) is 121 cm³/mol. The van der Waals surface area contributed by atoms with Gasteiger partial charge in [-0.3, -0.25) is 4.79 Å². The lowest BCUT2D eigenvalue weighted by molar-refractivity contribution is -0.133. The Balaban J connectivity index is 1.73. The maximum Gasteiger partial charge on any atom is 0.322 e. The van der Waals surface area contributed by atoms with E-state index < -0.39 is 0 Å². The molecule has 0 saturated heterocycles. The first-order valence-corrected chi connectivity index (χ1v) is 10.4. The van der Waals surface area contributed by atoms with Gasteiger partial charge in [0, 0.05) is 18.3 Å². The molecule has 0 unspecified atom stereocenters. The van der Waals surface area contributed by atoms with E-state index in [1.165, 1.54) is 0 Å². The van der Waals surface area contributed by atoms with E-state index in [-0.39, 0.29) is 24.5 Å². The van der Waals surface area contributed by atoms with E-state index in [0.29, 0.717) is 24.5 Å². The lowest BCUT2D eigenvalue weighted by Crippen LogP contribution is -2.47. The van der Waals surface area contributed by atoms with Crippen LogP contribution in [0.3, 0.4) is 0 Å². The predicted octanol–water partition coefficient (Wildman–Crippen LogP) is 5.06. The number of urea groups is 1. The Hall–Kier alpha value is -3.54. The Morgan fingerprint density at radius 1 is 0.935 bits per heavy atom. The number of carbonyl (C=O) groups is 2. The highest BCUT2D eigenvalue weighted by Crippen LogP contribution is 2.14. The Labute approximate surface area is 183 Å². The Kier molecular flexibility index (Phi) is 7.49. The van der Waals surface area contributed by atoms with E-state index in [1.54, 1.807) is 22.1 Å². The fourth-order valence-corrected chi connectivity index (χ4v) is 3.19. The number of hydrogen-bond donors (Lipinski definition) is 1. The molecule has 0 saturated carbocycles. The minimum atomic E-state index is -0.301. The second-order valence-electron chi connectivity index (χ2n) is 7.83. The normalized spacial score (nSPS) is 10.7. The van der Waals surface area contributed by atoms with E-state index in [0.717, 1.165) is 11.1 Å².